The third kappa shape index (κ3) is 3.01. The number of anilines is 1. The summed E-state index contributed by atoms with van der Waals surface area (Å²) in [6, 6.07) is 6.78. The molecule has 1 aromatic heterocycles. The molecule has 0 fully saturated rings. The molecule has 0 bridgehead atoms. The minimum atomic E-state index is -3.40. The van der Waals surface area contributed by atoms with Gasteiger partial charge in [-0.2, -0.15) is 5.10 Å². The summed E-state index contributed by atoms with van der Waals surface area (Å²) in [4.78, 5) is 0.311. The third-order valence-electron chi connectivity index (χ3n) is 3.06. The van der Waals surface area contributed by atoms with Gasteiger partial charge in [0.2, 0.25) is 0 Å². The van der Waals surface area contributed by atoms with Crippen LogP contribution in [0, 0.1) is 6.92 Å². The zero-order valence-electron chi connectivity index (χ0n) is 11.9. The molecule has 0 saturated carbocycles. The molecule has 0 spiro atoms. The van der Waals surface area contributed by atoms with Crippen LogP contribution in [0.25, 0.3) is 0 Å². The summed E-state index contributed by atoms with van der Waals surface area (Å²) in [5.74, 6) is -0.0997. The first kappa shape index (κ1) is 14.6. The van der Waals surface area contributed by atoms with Crippen molar-refractivity contribution in [2.24, 2.45) is 0 Å². The summed E-state index contributed by atoms with van der Waals surface area (Å²) in [6.07, 6.45) is 1.80. The first-order chi connectivity index (χ1) is 9.29. The van der Waals surface area contributed by atoms with Gasteiger partial charge in [-0.1, -0.05) is 0 Å². The van der Waals surface area contributed by atoms with Crippen molar-refractivity contribution in [1.29, 1.82) is 0 Å². The van der Waals surface area contributed by atoms with Crippen LogP contribution in [0.2, 0.25) is 0 Å². The molecule has 2 rings (SSSR count). The number of aromatic nitrogens is 2. The van der Waals surface area contributed by atoms with Crippen molar-refractivity contribution < 1.29 is 8.42 Å². The molecule has 1 aromatic carbocycles. The highest BCUT2D eigenvalue weighted by Gasteiger charge is 2.19. The van der Waals surface area contributed by atoms with E-state index in [4.69, 9.17) is 5.73 Å². The van der Waals surface area contributed by atoms with E-state index in [1.54, 1.807) is 42.1 Å². The highest BCUT2D eigenvalue weighted by atomic mass is 32.2. The predicted molar refractivity (Wildman–Crippen MR) is 79.1 cm³/mol. The molecule has 0 unspecified atom stereocenters. The molecule has 0 amide bonds. The molecule has 0 atom stereocenters. The van der Waals surface area contributed by atoms with Crippen LogP contribution in [0.3, 0.4) is 0 Å². The largest absolute Gasteiger partial charge is 0.399 e. The summed E-state index contributed by atoms with van der Waals surface area (Å²) in [6.45, 7) is 5.74. The molecule has 108 valence electrons. The molecule has 0 aliphatic heterocycles. The summed E-state index contributed by atoms with van der Waals surface area (Å²) in [5, 5.41) is 4.28. The number of hydrogen-bond acceptors (Lipinski definition) is 4. The highest BCUT2D eigenvalue weighted by molar-refractivity contribution is 7.90. The zero-order chi connectivity index (χ0) is 14.9. The number of nitrogen functional groups attached to an aromatic ring is 1. The van der Waals surface area contributed by atoms with Gasteiger partial charge in [-0.25, -0.2) is 8.42 Å². The quantitative estimate of drug-likeness (QED) is 0.878. The Balaban J connectivity index is 2.30. The van der Waals surface area contributed by atoms with Gasteiger partial charge in [-0.05, 0) is 50.6 Å². The van der Waals surface area contributed by atoms with E-state index < -0.39 is 9.84 Å². The van der Waals surface area contributed by atoms with Crippen LogP contribution in [0.5, 0.6) is 0 Å². The van der Waals surface area contributed by atoms with Crippen LogP contribution < -0.4 is 5.73 Å². The average Bonchev–Trinajstić information content (AvgIpc) is 2.76. The fourth-order valence-corrected chi connectivity index (χ4v) is 3.56. The Bertz CT molecular complexity index is 718. The number of nitrogens with two attached hydrogens (primary N) is 1. The van der Waals surface area contributed by atoms with Gasteiger partial charge in [-0.15, -0.1) is 0 Å². The predicted octanol–water partition coefficient (Wildman–Crippen LogP) is 2.33. The standard InChI is InChI=1S/C14H19N3O2S/c1-10(2)17-7-6-13(16-17)9-20(18,19)14-5-4-12(15)8-11(14)3/h4-8,10H,9,15H2,1-3H3. The van der Waals surface area contributed by atoms with E-state index in [-0.39, 0.29) is 11.8 Å². The van der Waals surface area contributed by atoms with Crippen LogP contribution in [0.15, 0.2) is 35.4 Å². The van der Waals surface area contributed by atoms with Crippen molar-refractivity contribution in [2.45, 2.75) is 37.5 Å². The van der Waals surface area contributed by atoms with Gasteiger partial charge in [0.15, 0.2) is 9.84 Å². The van der Waals surface area contributed by atoms with Gasteiger partial charge < -0.3 is 5.73 Å². The van der Waals surface area contributed by atoms with Crippen LogP contribution in [0.1, 0.15) is 31.1 Å². The molecule has 0 radical (unpaired) electrons. The number of rotatable bonds is 4. The minimum absolute atomic E-state index is 0.0997. The Hall–Kier alpha value is -1.82. The Kier molecular flexibility index (Phi) is 3.85. The maximum absolute atomic E-state index is 12.4. The van der Waals surface area contributed by atoms with Gasteiger partial charge in [-0.3, -0.25) is 4.68 Å². The molecule has 6 heteroatoms. The third-order valence-corrected chi connectivity index (χ3v) is 4.87. The summed E-state index contributed by atoms with van der Waals surface area (Å²) in [7, 11) is -3.40. The van der Waals surface area contributed by atoms with E-state index in [2.05, 4.69) is 5.10 Å². The molecule has 1 heterocycles. The van der Waals surface area contributed by atoms with E-state index in [1.807, 2.05) is 13.8 Å². The van der Waals surface area contributed by atoms with E-state index in [1.165, 1.54) is 0 Å². The summed E-state index contributed by atoms with van der Waals surface area (Å²) >= 11 is 0. The lowest BCUT2D eigenvalue weighted by atomic mass is 10.2. The number of sulfone groups is 1. The highest BCUT2D eigenvalue weighted by Crippen LogP contribution is 2.21. The van der Waals surface area contributed by atoms with Crippen molar-refractivity contribution in [3.05, 3.63) is 41.7 Å². The maximum atomic E-state index is 12.4. The molecule has 2 N–H and O–H groups in total. The fraction of sp³-hybridized carbons (Fsp3) is 0.357. The summed E-state index contributed by atoms with van der Waals surface area (Å²) in [5.41, 5.74) is 7.42. The Morgan fingerprint density at radius 3 is 2.55 bits per heavy atom. The monoisotopic (exact) mass is 293 g/mol. The van der Waals surface area contributed by atoms with Gasteiger partial charge in [0.05, 0.1) is 16.3 Å². The topological polar surface area (TPSA) is 78.0 Å². The Morgan fingerprint density at radius 2 is 2.00 bits per heavy atom. The Labute approximate surface area is 119 Å². The van der Waals surface area contributed by atoms with Crippen LogP contribution >= 0.6 is 0 Å². The first-order valence-corrected chi connectivity index (χ1v) is 8.08. The normalized spacial score (nSPS) is 12.0. The van der Waals surface area contributed by atoms with E-state index in [0.717, 1.165) is 0 Å². The number of aryl methyl sites for hydroxylation is 1. The number of nitrogens with zero attached hydrogens (tertiary/aromatic N) is 2. The van der Waals surface area contributed by atoms with Gasteiger partial charge in [0, 0.05) is 17.9 Å². The van der Waals surface area contributed by atoms with E-state index >= 15 is 0 Å². The van der Waals surface area contributed by atoms with Crippen molar-refractivity contribution in [3.63, 3.8) is 0 Å². The van der Waals surface area contributed by atoms with Gasteiger partial charge >= 0.3 is 0 Å². The molecule has 2 aromatic rings. The van der Waals surface area contributed by atoms with Gasteiger partial charge in [0.1, 0.15) is 0 Å². The summed E-state index contributed by atoms with van der Waals surface area (Å²) < 4.78 is 26.6. The molecule has 20 heavy (non-hydrogen) atoms. The van der Waals surface area contributed by atoms with E-state index in [0.29, 0.717) is 21.8 Å². The average molecular weight is 293 g/mol. The number of benzene rings is 1. The molecule has 5 nitrogen and oxygen atoms in total. The fourth-order valence-electron chi connectivity index (χ4n) is 2.04. The van der Waals surface area contributed by atoms with Crippen molar-refractivity contribution >= 4 is 15.5 Å². The lowest BCUT2D eigenvalue weighted by Crippen LogP contribution is -2.09. The van der Waals surface area contributed by atoms with Crippen molar-refractivity contribution in [3.8, 4) is 0 Å². The smallest absolute Gasteiger partial charge is 0.184 e. The second-order valence-corrected chi connectivity index (χ2v) is 7.12. The van der Waals surface area contributed by atoms with Gasteiger partial charge in [0.25, 0.3) is 0 Å². The molecule has 0 aliphatic carbocycles. The van der Waals surface area contributed by atoms with Crippen LogP contribution in [-0.4, -0.2) is 18.2 Å². The Morgan fingerprint density at radius 1 is 1.30 bits per heavy atom. The second-order valence-electron chi connectivity index (χ2n) is 5.16. The van der Waals surface area contributed by atoms with Crippen molar-refractivity contribution in [1.82, 2.24) is 9.78 Å². The lowest BCUT2D eigenvalue weighted by molar-refractivity contribution is 0.527. The van der Waals surface area contributed by atoms with Crippen LogP contribution in [-0.2, 0) is 15.6 Å². The van der Waals surface area contributed by atoms with E-state index in [9.17, 15) is 8.42 Å². The number of hydrogen-bond donors (Lipinski definition) is 1. The minimum Gasteiger partial charge on any atom is -0.399 e. The molecule has 0 saturated heterocycles. The zero-order valence-corrected chi connectivity index (χ0v) is 12.7. The molecular weight excluding hydrogens is 274 g/mol. The first-order valence-electron chi connectivity index (χ1n) is 6.42. The maximum Gasteiger partial charge on any atom is 0.184 e. The molecule has 0 aliphatic rings. The second kappa shape index (κ2) is 5.28. The van der Waals surface area contributed by atoms with Crippen LogP contribution in [0.4, 0.5) is 5.69 Å². The van der Waals surface area contributed by atoms with Crippen molar-refractivity contribution in [2.75, 3.05) is 5.73 Å². The lowest BCUT2D eigenvalue weighted by Gasteiger charge is -2.07. The molecular formula is C14H19N3O2S. The SMILES string of the molecule is Cc1cc(N)ccc1S(=O)(=O)Cc1ccn(C(C)C)n1.